The first kappa shape index (κ1) is 14.3. The zero-order valence-corrected chi connectivity index (χ0v) is 11.5. The van der Waals surface area contributed by atoms with Gasteiger partial charge in [-0.05, 0) is 37.1 Å². The topological polar surface area (TPSA) is 117 Å². The van der Waals surface area contributed by atoms with Gasteiger partial charge in [-0.3, -0.25) is 0 Å². The molecule has 0 unspecified atom stereocenters. The van der Waals surface area contributed by atoms with Gasteiger partial charge in [0.25, 0.3) is 0 Å². The lowest BCUT2D eigenvalue weighted by molar-refractivity contribution is 0.935. The standard InChI is InChI=1S/C15H21N5/c16-8-6-11-13(10-4-2-1-3-5-10)12(7-9-17)15(19)20-14(11)18/h1-5H,6-9,16-17H2,(H4,18,19,20). The lowest BCUT2D eigenvalue weighted by Gasteiger charge is -2.18. The third kappa shape index (κ3) is 2.74. The van der Waals surface area contributed by atoms with Crippen molar-refractivity contribution < 1.29 is 0 Å². The van der Waals surface area contributed by atoms with Gasteiger partial charge in [-0.1, -0.05) is 30.3 Å². The number of nitrogens with two attached hydrogens (primary N) is 4. The summed E-state index contributed by atoms with van der Waals surface area (Å²) < 4.78 is 0. The second-order valence-electron chi connectivity index (χ2n) is 4.66. The minimum Gasteiger partial charge on any atom is -0.383 e. The Hall–Kier alpha value is -2.11. The average molecular weight is 271 g/mol. The Morgan fingerprint density at radius 1 is 0.800 bits per heavy atom. The maximum absolute atomic E-state index is 6.03. The first-order valence-electron chi connectivity index (χ1n) is 6.71. The van der Waals surface area contributed by atoms with Gasteiger partial charge in [0, 0.05) is 11.1 Å². The Labute approximate surface area is 119 Å². The minimum atomic E-state index is 0.451. The molecule has 8 N–H and O–H groups in total. The molecule has 0 radical (unpaired) electrons. The van der Waals surface area contributed by atoms with Crippen molar-refractivity contribution >= 4 is 11.6 Å². The monoisotopic (exact) mass is 271 g/mol. The summed E-state index contributed by atoms with van der Waals surface area (Å²) in [7, 11) is 0. The zero-order valence-electron chi connectivity index (χ0n) is 11.5. The van der Waals surface area contributed by atoms with E-state index in [9.17, 15) is 0 Å². The van der Waals surface area contributed by atoms with E-state index in [0.29, 0.717) is 37.6 Å². The quantitative estimate of drug-likeness (QED) is 0.645. The molecule has 2 aromatic rings. The summed E-state index contributed by atoms with van der Waals surface area (Å²) in [6.07, 6.45) is 1.34. The molecule has 0 bridgehead atoms. The fraction of sp³-hybridized carbons (Fsp3) is 0.267. The molecule has 0 saturated carbocycles. The highest BCUT2D eigenvalue weighted by atomic mass is 14.9. The molecule has 0 aliphatic rings. The van der Waals surface area contributed by atoms with E-state index in [0.717, 1.165) is 22.3 Å². The van der Waals surface area contributed by atoms with Crippen LogP contribution in [0.25, 0.3) is 11.1 Å². The number of anilines is 2. The molecule has 0 spiro atoms. The zero-order chi connectivity index (χ0) is 14.5. The van der Waals surface area contributed by atoms with Crippen molar-refractivity contribution in [3.8, 4) is 11.1 Å². The summed E-state index contributed by atoms with van der Waals surface area (Å²) in [5, 5.41) is 0. The number of aromatic nitrogens is 1. The predicted octanol–water partition coefficient (Wildman–Crippen LogP) is 0.915. The van der Waals surface area contributed by atoms with E-state index in [1.807, 2.05) is 30.3 Å². The van der Waals surface area contributed by atoms with Gasteiger partial charge < -0.3 is 22.9 Å². The van der Waals surface area contributed by atoms with Crippen molar-refractivity contribution in [1.29, 1.82) is 0 Å². The molecule has 106 valence electrons. The van der Waals surface area contributed by atoms with E-state index in [1.165, 1.54) is 0 Å². The minimum absolute atomic E-state index is 0.451. The molecule has 1 heterocycles. The lowest BCUT2D eigenvalue weighted by Crippen LogP contribution is -2.14. The third-order valence-corrected chi connectivity index (χ3v) is 3.31. The Morgan fingerprint density at radius 2 is 1.30 bits per heavy atom. The summed E-state index contributed by atoms with van der Waals surface area (Å²) in [5.74, 6) is 0.903. The number of nitrogens with zero attached hydrogens (tertiary/aromatic N) is 1. The highest BCUT2D eigenvalue weighted by Gasteiger charge is 2.17. The van der Waals surface area contributed by atoms with Gasteiger partial charge in [-0.25, -0.2) is 4.98 Å². The third-order valence-electron chi connectivity index (χ3n) is 3.31. The Kier molecular flexibility index (Phi) is 4.55. The second kappa shape index (κ2) is 6.36. The maximum atomic E-state index is 6.03. The first-order chi connectivity index (χ1) is 9.69. The van der Waals surface area contributed by atoms with Crippen LogP contribution in [-0.2, 0) is 12.8 Å². The number of nitrogen functional groups attached to an aromatic ring is 2. The van der Waals surface area contributed by atoms with E-state index in [2.05, 4.69) is 4.98 Å². The van der Waals surface area contributed by atoms with Gasteiger partial charge in [0.2, 0.25) is 0 Å². The molecule has 0 fully saturated rings. The number of rotatable bonds is 5. The predicted molar refractivity (Wildman–Crippen MR) is 84.0 cm³/mol. The molecule has 5 nitrogen and oxygen atoms in total. The Morgan fingerprint density at radius 3 is 1.75 bits per heavy atom. The molecular formula is C15H21N5. The van der Waals surface area contributed by atoms with Crippen molar-refractivity contribution in [3.05, 3.63) is 41.5 Å². The molecule has 0 aliphatic carbocycles. The molecule has 2 rings (SSSR count). The number of hydrogen-bond donors (Lipinski definition) is 4. The number of benzene rings is 1. The fourth-order valence-electron chi connectivity index (χ4n) is 2.45. The smallest absolute Gasteiger partial charge is 0.129 e. The van der Waals surface area contributed by atoms with Gasteiger partial charge in [0.15, 0.2) is 0 Å². The van der Waals surface area contributed by atoms with Crippen molar-refractivity contribution in [1.82, 2.24) is 4.98 Å². The van der Waals surface area contributed by atoms with Gasteiger partial charge in [0.1, 0.15) is 11.6 Å². The highest BCUT2D eigenvalue weighted by Crippen LogP contribution is 2.34. The van der Waals surface area contributed by atoms with E-state index in [-0.39, 0.29) is 0 Å². The molecule has 0 saturated heterocycles. The average Bonchev–Trinajstić information content (AvgIpc) is 2.45. The van der Waals surface area contributed by atoms with Crippen LogP contribution in [0.15, 0.2) is 30.3 Å². The summed E-state index contributed by atoms with van der Waals surface area (Å²) >= 11 is 0. The number of pyridine rings is 1. The van der Waals surface area contributed by atoms with Crippen LogP contribution in [0, 0.1) is 0 Å². The molecule has 5 heteroatoms. The second-order valence-corrected chi connectivity index (χ2v) is 4.66. The van der Waals surface area contributed by atoms with E-state index in [4.69, 9.17) is 22.9 Å². The van der Waals surface area contributed by atoms with Crippen molar-refractivity contribution in [3.63, 3.8) is 0 Å². The van der Waals surface area contributed by atoms with Gasteiger partial charge in [0.05, 0.1) is 0 Å². The summed E-state index contributed by atoms with van der Waals surface area (Å²) in [4.78, 5) is 4.24. The van der Waals surface area contributed by atoms with Crippen LogP contribution in [0.2, 0.25) is 0 Å². The van der Waals surface area contributed by atoms with Crippen LogP contribution in [0.3, 0.4) is 0 Å². The molecule has 1 aromatic carbocycles. The largest absolute Gasteiger partial charge is 0.383 e. The molecule has 0 atom stereocenters. The molecule has 0 amide bonds. The molecule has 20 heavy (non-hydrogen) atoms. The lowest BCUT2D eigenvalue weighted by atomic mass is 9.92. The van der Waals surface area contributed by atoms with Crippen LogP contribution in [-0.4, -0.2) is 18.1 Å². The maximum Gasteiger partial charge on any atom is 0.129 e. The van der Waals surface area contributed by atoms with Crippen molar-refractivity contribution in [2.75, 3.05) is 24.6 Å². The number of hydrogen-bond acceptors (Lipinski definition) is 5. The van der Waals surface area contributed by atoms with Crippen molar-refractivity contribution in [2.45, 2.75) is 12.8 Å². The highest BCUT2D eigenvalue weighted by molar-refractivity contribution is 5.79. The van der Waals surface area contributed by atoms with E-state index in [1.54, 1.807) is 0 Å². The summed E-state index contributed by atoms with van der Waals surface area (Å²) in [6, 6.07) is 10.0. The van der Waals surface area contributed by atoms with Gasteiger partial charge in [-0.15, -0.1) is 0 Å². The molecule has 1 aromatic heterocycles. The van der Waals surface area contributed by atoms with Crippen LogP contribution in [0.4, 0.5) is 11.6 Å². The van der Waals surface area contributed by atoms with E-state index >= 15 is 0 Å². The molecular weight excluding hydrogens is 250 g/mol. The van der Waals surface area contributed by atoms with Crippen LogP contribution >= 0.6 is 0 Å². The van der Waals surface area contributed by atoms with Gasteiger partial charge in [-0.2, -0.15) is 0 Å². The SMILES string of the molecule is NCCc1c(N)nc(N)c(CCN)c1-c1ccccc1. The van der Waals surface area contributed by atoms with Crippen LogP contribution in [0.5, 0.6) is 0 Å². The molecule has 0 aliphatic heterocycles. The Bertz CT molecular complexity index is 550. The summed E-state index contributed by atoms with van der Waals surface area (Å²) in [6.45, 7) is 1.02. The Balaban J connectivity index is 2.71. The fourth-order valence-corrected chi connectivity index (χ4v) is 2.45. The summed E-state index contributed by atoms with van der Waals surface area (Å²) in [5.41, 5.74) is 27.5. The van der Waals surface area contributed by atoms with E-state index < -0.39 is 0 Å². The van der Waals surface area contributed by atoms with Crippen molar-refractivity contribution in [2.24, 2.45) is 11.5 Å². The first-order valence-corrected chi connectivity index (χ1v) is 6.71. The van der Waals surface area contributed by atoms with Crippen LogP contribution in [0.1, 0.15) is 11.1 Å². The normalized spacial score (nSPS) is 10.7. The van der Waals surface area contributed by atoms with Crippen LogP contribution < -0.4 is 22.9 Å². The van der Waals surface area contributed by atoms with Gasteiger partial charge >= 0.3 is 0 Å².